The SMILES string of the molecule is CCCNC(=O)NC(=O)CN(CCO)C1CCC1. The van der Waals surface area contributed by atoms with Crippen LogP contribution in [0.1, 0.15) is 32.6 Å². The number of carbonyl (C=O) groups excluding carboxylic acids is 2. The fourth-order valence-electron chi connectivity index (χ4n) is 1.90. The Labute approximate surface area is 108 Å². The van der Waals surface area contributed by atoms with Crippen molar-refractivity contribution in [1.29, 1.82) is 0 Å². The number of imide groups is 1. The van der Waals surface area contributed by atoms with Crippen molar-refractivity contribution < 1.29 is 14.7 Å². The summed E-state index contributed by atoms with van der Waals surface area (Å²) in [5.41, 5.74) is 0. The smallest absolute Gasteiger partial charge is 0.321 e. The Bertz CT molecular complexity index is 280. The third kappa shape index (κ3) is 5.01. The van der Waals surface area contributed by atoms with Gasteiger partial charge in [-0.1, -0.05) is 13.3 Å². The molecule has 0 heterocycles. The number of nitrogens with one attached hydrogen (secondary N) is 2. The first-order valence-corrected chi connectivity index (χ1v) is 6.60. The van der Waals surface area contributed by atoms with Crippen molar-refractivity contribution in [2.75, 3.05) is 26.2 Å². The van der Waals surface area contributed by atoms with E-state index in [1.165, 1.54) is 6.42 Å². The van der Waals surface area contributed by atoms with E-state index in [0.717, 1.165) is 19.3 Å². The minimum absolute atomic E-state index is 0.0335. The van der Waals surface area contributed by atoms with Gasteiger partial charge in [-0.2, -0.15) is 0 Å². The highest BCUT2D eigenvalue weighted by atomic mass is 16.3. The monoisotopic (exact) mass is 257 g/mol. The second kappa shape index (κ2) is 8.05. The largest absolute Gasteiger partial charge is 0.395 e. The number of rotatable bonds is 7. The van der Waals surface area contributed by atoms with Gasteiger partial charge in [-0.3, -0.25) is 15.0 Å². The van der Waals surface area contributed by atoms with Crippen LogP contribution in [0.2, 0.25) is 0 Å². The van der Waals surface area contributed by atoms with Crippen molar-refractivity contribution in [2.24, 2.45) is 0 Å². The second-order valence-electron chi connectivity index (χ2n) is 4.58. The van der Waals surface area contributed by atoms with Gasteiger partial charge in [0.2, 0.25) is 5.91 Å². The lowest BCUT2D eigenvalue weighted by Gasteiger charge is -2.36. The van der Waals surface area contributed by atoms with Gasteiger partial charge in [0.05, 0.1) is 13.2 Å². The van der Waals surface area contributed by atoms with Crippen LogP contribution in [-0.4, -0.2) is 54.2 Å². The molecule has 0 aromatic rings. The molecule has 18 heavy (non-hydrogen) atoms. The third-order valence-electron chi connectivity index (χ3n) is 3.11. The molecule has 0 saturated heterocycles. The molecule has 1 aliphatic rings. The molecule has 6 heteroatoms. The van der Waals surface area contributed by atoms with E-state index in [1.807, 2.05) is 11.8 Å². The van der Waals surface area contributed by atoms with Crippen molar-refractivity contribution in [3.05, 3.63) is 0 Å². The maximum atomic E-state index is 11.7. The molecular formula is C12H23N3O3. The van der Waals surface area contributed by atoms with Crippen LogP contribution in [0, 0.1) is 0 Å². The van der Waals surface area contributed by atoms with E-state index in [1.54, 1.807) is 0 Å². The average molecular weight is 257 g/mol. The van der Waals surface area contributed by atoms with E-state index in [-0.39, 0.29) is 19.1 Å². The molecule has 1 saturated carbocycles. The molecule has 0 bridgehead atoms. The zero-order valence-corrected chi connectivity index (χ0v) is 10.9. The van der Waals surface area contributed by atoms with Crippen LogP contribution in [-0.2, 0) is 4.79 Å². The van der Waals surface area contributed by atoms with Crippen LogP contribution in [0.5, 0.6) is 0 Å². The molecular weight excluding hydrogens is 234 g/mol. The molecule has 3 amide bonds. The Morgan fingerprint density at radius 1 is 1.39 bits per heavy atom. The van der Waals surface area contributed by atoms with E-state index >= 15 is 0 Å². The Hall–Kier alpha value is -1.14. The standard InChI is InChI=1S/C12H23N3O3/c1-2-6-13-12(18)14-11(17)9-15(7-8-16)10-4-3-5-10/h10,16H,2-9H2,1H3,(H2,13,14,17,18). The van der Waals surface area contributed by atoms with Gasteiger partial charge in [-0.05, 0) is 19.3 Å². The van der Waals surface area contributed by atoms with Gasteiger partial charge in [0.15, 0.2) is 0 Å². The first-order chi connectivity index (χ1) is 8.67. The van der Waals surface area contributed by atoms with E-state index in [9.17, 15) is 9.59 Å². The van der Waals surface area contributed by atoms with Crippen LogP contribution < -0.4 is 10.6 Å². The summed E-state index contributed by atoms with van der Waals surface area (Å²) < 4.78 is 0. The molecule has 1 fully saturated rings. The van der Waals surface area contributed by atoms with Gasteiger partial charge in [0, 0.05) is 19.1 Å². The number of urea groups is 1. The first kappa shape index (κ1) is 14.9. The predicted molar refractivity (Wildman–Crippen MR) is 68.1 cm³/mol. The van der Waals surface area contributed by atoms with Crippen LogP contribution in [0.15, 0.2) is 0 Å². The summed E-state index contributed by atoms with van der Waals surface area (Å²) in [5.74, 6) is -0.316. The summed E-state index contributed by atoms with van der Waals surface area (Å²) in [6.07, 6.45) is 4.14. The topological polar surface area (TPSA) is 81.7 Å². The summed E-state index contributed by atoms with van der Waals surface area (Å²) in [7, 11) is 0. The van der Waals surface area contributed by atoms with Gasteiger partial charge in [-0.25, -0.2) is 4.79 Å². The van der Waals surface area contributed by atoms with Gasteiger partial charge in [-0.15, -0.1) is 0 Å². The minimum Gasteiger partial charge on any atom is -0.395 e. The third-order valence-corrected chi connectivity index (χ3v) is 3.11. The Morgan fingerprint density at radius 3 is 2.61 bits per heavy atom. The molecule has 0 aromatic heterocycles. The molecule has 6 nitrogen and oxygen atoms in total. The van der Waals surface area contributed by atoms with E-state index in [4.69, 9.17) is 5.11 Å². The molecule has 1 rings (SSSR count). The zero-order valence-electron chi connectivity index (χ0n) is 10.9. The molecule has 3 N–H and O–H groups in total. The van der Waals surface area contributed by atoms with Gasteiger partial charge >= 0.3 is 6.03 Å². The molecule has 1 aliphatic carbocycles. The highest BCUT2D eigenvalue weighted by Crippen LogP contribution is 2.24. The fraction of sp³-hybridized carbons (Fsp3) is 0.833. The molecule has 0 aliphatic heterocycles. The fourth-order valence-corrected chi connectivity index (χ4v) is 1.90. The second-order valence-corrected chi connectivity index (χ2v) is 4.58. The minimum atomic E-state index is -0.445. The lowest BCUT2D eigenvalue weighted by atomic mass is 9.91. The Kier molecular flexibility index (Phi) is 6.67. The first-order valence-electron chi connectivity index (χ1n) is 6.60. The predicted octanol–water partition coefficient (Wildman–Crippen LogP) is 0.0690. The highest BCUT2D eigenvalue weighted by Gasteiger charge is 2.26. The van der Waals surface area contributed by atoms with Gasteiger partial charge in [0.1, 0.15) is 0 Å². The Balaban J connectivity index is 2.29. The lowest BCUT2D eigenvalue weighted by Crippen LogP contribution is -2.49. The van der Waals surface area contributed by atoms with Crippen molar-refractivity contribution in [3.8, 4) is 0 Å². The normalized spacial score (nSPS) is 15.3. The molecule has 0 unspecified atom stereocenters. The maximum absolute atomic E-state index is 11.7. The molecule has 0 spiro atoms. The maximum Gasteiger partial charge on any atom is 0.321 e. The Morgan fingerprint density at radius 2 is 2.11 bits per heavy atom. The average Bonchev–Trinajstić information content (AvgIpc) is 2.24. The molecule has 0 radical (unpaired) electrons. The van der Waals surface area contributed by atoms with Crippen molar-refractivity contribution in [1.82, 2.24) is 15.5 Å². The summed E-state index contributed by atoms with van der Waals surface area (Å²) in [4.78, 5) is 24.9. The highest BCUT2D eigenvalue weighted by molar-refractivity contribution is 5.95. The summed E-state index contributed by atoms with van der Waals surface area (Å²) >= 11 is 0. The number of aliphatic hydroxyl groups is 1. The summed E-state index contributed by atoms with van der Waals surface area (Å²) in [5, 5.41) is 13.8. The van der Waals surface area contributed by atoms with Crippen molar-refractivity contribution in [2.45, 2.75) is 38.6 Å². The van der Waals surface area contributed by atoms with E-state index in [0.29, 0.717) is 19.1 Å². The number of carbonyl (C=O) groups is 2. The van der Waals surface area contributed by atoms with Crippen LogP contribution in [0.25, 0.3) is 0 Å². The number of hydrogen-bond donors (Lipinski definition) is 3. The van der Waals surface area contributed by atoms with Crippen molar-refractivity contribution >= 4 is 11.9 Å². The number of nitrogens with zero attached hydrogens (tertiary/aromatic N) is 1. The molecule has 0 aromatic carbocycles. The molecule has 0 atom stereocenters. The van der Waals surface area contributed by atoms with Gasteiger partial charge < -0.3 is 10.4 Å². The molecule has 104 valence electrons. The lowest BCUT2D eigenvalue weighted by molar-refractivity contribution is -0.122. The quantitative estimate of drug-likeness (QED) is 0.603. The van der Waals surface area contributed by atoms with Crippen LogP contribution in [0.3, 0.4) is 0 Å². The van der Waals surface area contributed by atoms with Crippen LogP contribution in [0.4, 0.5) is 4.79 Å². The zero-order chi connectivity index (χ0) is 13.4. The number of hydrogen-bond acceptors (Lipinski definition) is 4. The summed E-state index contributed by atoms with van der Waals surface area (Å²) in [6, 6.07) is -0.0685. The van der Waals surface area contributed by atoms with Crippen molar-refractivity contribution in [3.63, 3.8) is 0 Å². The van der Waals surface area contributed by atoms with Crippen LogP contribution >= 0.6 is 0 Å². The van der Waals surface area contributed by atoms with E-state index in [2.05, 4.69) is 10.6 Å². The van der Waals surface area contributed by atoms with E-state index < -0.39 is 6.03 Å². The van der Waals surface area contributed by atoms with Gasteiger partial charge in [0.25, 0.3) is 0 Å². The number of amides is 3. The number of aliphatic hydroxyl groups excluding tert-OH is 1. The summed E-state index contributed by atoms with van der Waals surface area (Å²) in [6.45, 7) is 3.19.